The van der Waals surface area contributed by atoms with Crippen LogP contribution in [0.5, 0.6) is 0 Å². The summed E-state index contributed by atoms with van der Waals surface area (Å²) in [4.78, 5) is 5.05. The summed E-state index contributed by atoms with van der Waals surface area (Å²) < 4.78 is 0. The van der Waals surface area contributed by atoms with Crippen LogP contribution in [0.4, 0.5) is 0 Å². The fraction of sp³-hybridized carbons (Fsp3) is 1.00. The molecule has 0 aromatic heterocycles. The zero-order chi connectivity index (χ0) is 13.7. The Morgan fingerprint density at radius 2 is 1.63 bits per heavy atom. The van der Waals surface area contributed by atoms with E-state index in [0.717, 1.165) is 5.92 Å². The third kappa shape index (κ3) is 4.73. The van der Waals surface area contributed by atoms with Gasteiger partial charge in [-0.2, -0.15) is 0 Å². The second kappa shape index (κ2) is 7.61. The number of nitrogens with zero attached hydrogens (tertiary/aromatic N) is 2. The molecule has 0 amide bonds. The van der Waals surface area contributed by atoms with E-state index < -0.39 is 0 Å². The highest BCUT2D eigenvalue weighted by Gasteiger charge is 2.26. The molecular weight excluding hydrogens is 234 g/mol. The lowest BCUT2D eigenvalue weighted by atomic mass is 9.90. The molecule has 2 aliphatic rings. The van der Waals surface area contributed by atoms with E-state index in [-0.39, 0.29) is 0 Å². The molecule has 112 valence electrons. The van der Waals surface area contributed by atoms with Crippen LogP contribution >= 0.6 is 0 Å². The van der Waals surface area contributed by atoms with Crippen LogP contribution in [0.1, 0.15) is 51.4 Å². The van der Waals surface area contributed by atoms with Crippen molar-refractivity contribution in [1.82, 2.24) is 9.80 Å². The van der Waals surface area contributed by atoms with Crippen molar-refractivity contribution in [3.05, 3.63) is 0 Å². The fourth-order valence-corrected chi connectivity index (χ4v) is 3.83. The van der Waals surface area contributed by atoms with Gasteiger partial charge in [-0.25, -0.2) is 0 Å². The summed E-state index contributed by atoms with van der Waals surface area (Å²) in [5.74, 6) is 0.888. The molecule has 1 aliphatic heterocycles. The minimum atomic E-state index is 0.400. The van der Waals surface area contributed by atoms with Gasteiger partial charge in [0.1, 0.15) is 0 Å². The number of piperidine rings is 1. The molecule has 0 aromatic rings. The third-order valence-electron chi connectivity index (χ3n) is 5.23. The molecule has 19 heavy (non-hydrogen) atoms. The van der Waals surface area contributed by atoms with Crippen molar-refractivity contribution in [2.75, 3.05) is 33.7 Å². The van der Waals surface area contributed by atoms with E-state index in [1.165, 1.54) is 71.0 Å². The normalized spacial score (nSPS) is 32.2. The van der Waals surface area contributed by atoms with Crippen LogP contribution < -0.4 is 5.73 Å². The summed E-state index contributed by atoms with van der Waals surface area (Å²) in [6, 6.07) is 1.02. The summed E-state index contributed by atoms with van der Waals surface area (Å²) >= 11 is 0. The van der Waals surface area contributed by atoms with E-state index in [9.17, 15) is 0 Å². The van der Waals surface area contributed by atoms with Gasteiger partial charge in [0.05, 0.1) is 0 Å². The van der Waals surface area contributed by atoms with Crippen LogP contribution in [0.2, 0.25) is 0 Å². The van der Waals surface area contributed by atoms with Gasteiger partial charge in [0, 0.05) is 18.6 Å². The highest BCUT2D eigenvalue weighted by Crippen LogP contribution is 2.23. The fourth-order valence-electron chi connectivity index (χ4n) is 3.83. The first-order chi connectivity index (χ1) is 9.16. The molecule has 1 aliphatic carbocycles. The Bertz CT molecular complexity index is 248. The van der Waals surface area contributed by atoms with E-state index >= 15 is 0 Å². The van der Waals surface area contributed by atoms with Gasteiger partial charge in [-0.05, 0) is 58.8 Å². The average Bonchev–Trinajstić information content (AvgIpc) is 2.37. The number of hydrogen-bond donors (Lipinski definition) is 1. The summed E-state index contributed by atoms with van der Waals surface area (Å²) in [6.45, 7) is 3.80. The molecule has 3 nitrogen and oxygen atoms in total. The van der Waals surface area contributed by atoms with Crippen LogP contribution in [-0.2, 0) is 0 Å². The first kappa shape index (κ1) is 15.3. The van der Waals surface area contributed by atoms with E-state index in [2.05, 4.69) is 23.9 Å². The molecular formula is C16H33N3. The van der Waals surface area contributed by atoms with Crippen LogP contribution in [-0.4, -0.2) is 55.6 Å². The molecule has 0 radical (unpaired) electrons. The summed E-state index contributed by atoms with van der Waals surface area (Å²) in [7, 11) is 4.55. The van der Waals surface area contributed by atoms with Gasteiger partial charge in [-0.15, -0.1) is 0 Å². The van der Waals surface area contributed by atoms with Crippen molar-refractivity contribution in [3.63, 3.8) is 0 Å². The van der Waals surface area contributed by atoms with Gasteiger partial charge in [-0.3, -0.25) is 0 Å². The van der Waals surface area contributed by atoms with Gasteiger partial charge in [0.2, 0.25) is 0 Å². The Kier molecular flexibility index (Phi) is 6.11. The van der Waals surface area contributed by atoms with Crippen molar-refractivity contribution < 1.29 is 0 Å². The summed E-state index contributed by atoms with van der Waals surface area (Å²) in [5, 5.41) is 0. The largest absolute Gasteiger partial charge is 0.326 e. The predicted octanol–water partition coefficient (Wildman–Crippen LogP) is 2.31. The van der Waals surface area contributed by atoms with Gasteiger partial charge in [0.15, 0.2) is 0 Å². The third-order valence-corrected chi connectivity index (χ3v) is 5.23. The molecule has 0 spiro atoms. The molecule has 2 fully saturated rings. The highest BCUT2D eigenvalue weighted by molar-refractivity contribution is 4.84. The van der Waals surface area contributed by atoms with E-state index in [4.69, 9.17) is 5.73 Å². The monoisotopic (exact) mass is 267 g/mol. The number of rotatable bonds is 3. The van der Waals surface area contributed by atoms with E-state index in [1.807, 2.05) is 0 Å². The Balaban J connectivity index is 1.81. The molecule has 2 atom stereocenters. The first-order valence-electron chi connectivity index (χ1n) is 8.31. The number of nitrogens with two attached hydrogens (primary N) is 1. The van der Waals surface area contributed by atoms with Crippen LogP contribution in [0, 0.1) is 5.92 Å². The lowest BCUT2D eigenvalue weighted by molar-refractivity contribution is 0.125. The van der Waals surface area contributed by atoms with Gasteiger partial charge < -0.3 is 15.5 Å². The number of hydrogen-bond acceptors (Lipinski definition) is 3. The zero-order valence-electron chi connectivity index (χ0n) is 13.0. The average molecular weight is 267 g/mol. The van der Waals surface area contributed by atoms with E-state index in [0.29, 0.717) is 12.1 Å². The van der Waals surface area contributed by atoms with Gasteiger partial charge in [0.25, 0.3) is 0 Å². The van der Waals surface area contributed by atoms with Crippen molar-refractivity contribution >= 4 is 0 Å². The van der Waals surface area contributed by atoms with Crippen molar-refractivity contribution in [2.24, 2.45) is 11.7 Å². The standard InChI is InChI=1S/C16H33N3/c1-18-11-9-14(10-12-18)13-19(2)16-8-6-4-3-5-7-15(16)17/h14-16H,3-13,17H2,1-2H3. The second-order valence-electron chi connectivity index (χ2n) is 6.91. The Labute approximate surface area is 119 Å². The molecule has 1 saturated carbocycles. The van der Waals surface area contributed by atoms with Crippen LogP contribution in [0.15, 0.2) is 0 Å². The molecule has 1 heterocycles. The number of likely N-dealkylation sites (N-methyl/N-ethyl adjacent to an activating group) is 1. The molecule has 0 aromatic carbocycles. The van der Waals surface area contributed by atoms with Crippen LogP contribution in [0.25, 0.3) is 0 Å². The zero-order valence-corrected chi connectivity index (χ0v) is 13.0. The van der Waals surface area contributed by atoms with Gasteiger partial charge in [-0.1, -0.05) is 25.7 Å². The maximum atomic E-state index is 6.43. The molecule has 2 N–H and O–H groups in total. The first-order valence-corrected chi connectivity index (χ1v) is 8.31. The SMILES string of the molecule is CN1CCC(CN(C)C2CCCCCCC2N)CC1. The molecule has 1 saturated heterocycles. The smallest absolute Gasteiger partial charge is 0.0244 e. The van der Waals surface area contributed by atoms with Crippen molar-refractivity contribution in [3.8, 4) is 0 Å². The molecule has 0 bridgehead atoms. The lowest BCUT2D eigenvalue weighted by Gasteiger charge is -2.38. The minimum Gasteiger partial charge on any atom is -0.326 e. The van der Waals surface area contributed by atoms with Gasteiger partial charge >= 0.3 is 0 Å². The molecule has 2 unspecified atom stereocenters. The minimum absolute atomic E-state index is 0.400. The molecule has 2 rings (SSSR count). The second-order valence-corrected chi connectivity index (χ2v) is 6.91. The summed E-state index contributed by atoms with van der Waals surface area (Å²) in [5.41, 5.74) is 6.43. The maximum absolute atomic E-state index is 6.43. The molecule has 3 heteroatoms. The van der Waals surface area contributed by atoms with Crippen LogP contribution in [0.3, 0.4) is 0 Å². The number of likely N-dealkylation sites (tertiary alicyclic amines) is 1. The Hall–Kier alpha value is -0.120. The quantitative estimate of drug-likeness (QED) is 0.852. The van der Waals surface area contributed by atoms with Crippen molar-refractivity contribution in [1.29, 1.82) is 0 Å². The maximum Gasteiger partial charge on any atom is 0.0244 e. The Morgan fingerprint density at radius 3 is 2.32 bits per heavy atom. The predicted molar refractivity (Wildman–Crippen MR) is 82.3 cm³/mol. The summed E-state index contributed by atoms with van der Waals surface area (Å²) in [6.07, 6.45) is 10.8. The van der Waals surface area contributed by atoms with Crippen molar-refractivity contribution in [2.45, 2.75) is 63.5 Å². The topological polar surface area (TPSA) is 32.5 Å². The van der Waals surface area contributed by atoms with E-state index in [1.54, 1.807) is 0 Å². The highest BCUT2D eigenvalue weighted by atomic mass is 15.2. The Morgan fingerprint density at radius 1 is 1.00 bits per heavy atom. The lowest BCUT2D eigenvalue weighted by Crippen LogP contribution is -2.48.